The molecular weight excluding hydrogens is 400 g/mol. The molecule has 1 N–H and O–H groups in total. The van der Waals surface area contributed by atoms with Crippen LogP contribution < -0.4 is 10.1 Å². The third kappa shape index (κ3) is 4.99. The quantitative estimate of drug-likeness (QED) is 0.622. The summed E-state index contributed by atoms with van der Waals surface area (Å²) >= 11 is 0. The second-order valence-corrected chi connectivity index (χ2v) is 8.08. The number of carbonyl (C=O) groups is 2. The van der Waals surface area contributed by atoms with Crippen LogP contribution >= 0.6 is 0 Å². The fourth-order valence-corrected chi connectivity index (χ4v) is 4.26. The summed E-state index contributed by atoms with van der Waals surface area (Å²) in [6.07, 6.45) is 1.96. The van der Waals surface area contributed by atoms with Crippen LogP contribution in [0.15, 0.2) is 78.9 Å². The molecule has 1 heterocycles. The summed E-state index contributed by atoms with van der Waals surface area (Å²) in [7, 11) is 1.63. The van der Waals surface area contributed by atoms with E-state index < -0.39 is 0 Å². The molecule has 3 aromatic carbocycles. The van der Waals surface area contributed by atoms with Gasteiger partial charge in [-0.1, -0.05) is 48.5 Å². The maximum absolute atomic E-state index is 12.9. The second-order valence-electron chi connectivity index (χ2n) is 8.08. The number of carbonyl (C=O) groups excluding carboxylic acids is 2. The van der Waals surface area contributed by atoms with E-state index in [1.807, 2.05) is 77.7 Å². The molecule has 0 radical (unpaired) electrons. The van der Waals surface area contributed by atoms with Crippen molar-refractivity contribution < 1.29 is 14.3 Å². The van der Waals surface area contributed by atoms with Crippen molar-refractivity contribution in [3.05, 3.63) is 101 Å². The lowest BCUT2D eigenvalue weighted by Gasteiger charge is -2.33. The minimum atomic E-state index is -0.120. The van der Waals surface area contributed by atoms with Crippen LogP contribution in [0.5, 0.6) is 5.75 Å². The molecule has 3 aromatic rings. The average molecular weight is 429 g/mol. The van der Waals surface area contributed by atoms with Gasteiger partial charge < -0.3 is 15.0 Å². The minimum Gasteiger partial charge on any atom is -0.496 e. The molecule has 1 atom stereocenters. The van der Waals surface area contributed by atoms with Crippen molar-refractivity contribution in [2.24, 2.45) is 0 Å². The highest BCUT2D eigenvalue weighted by Gasteiger charge is 2.26. The molecular formula is C27H28N2O3. The Morgan fingerprint density at radius 2 is 1.72 bits per heavy atom. The largest absolute Gasteiger partial charge is 0.496 e. The number of likely N-dealkylation sites (tertiary alicyclic amines) is 1. The van der Waals surface area contributed by atoms with Gasteiger partial charge in [0.25, 0.3) is 11.8 Å². The minimum absolute atomic E-state index is 0.0704. The number of methoxy groups -OCH3 is 1. The van der Waals surface area contributed by atoms with Crippen LogP contribution in [0.2, 0.25) is 0 Å². The summed E-state index contributed by atoms with van der Waals surface area (Å²) in [5.74, 6) is 0.928. The number of rotatable bonds is 6. The first-order valence-corrected chi connectivity index (χ1v) is 11.0. The second kappa shape index (κ2) is 10.1. The lowest BCUT2D eigenvalue weighted by molar-refractivity contribution is 0.0706. The first-order chi connectivity index (χ1) is 15.7. The highest BCUT2D eigenvalue weighted by atomic mass is 16.5. The number of ether oxygens (including phenoxy) is 1. The highest BCUT2D eigenvalue weighted by Crippen LogP contribution is 2.28. The van der Waals surface area contributed by atoms with Gasteiger partial charge in [-0.2, -0.15) is 0 Å². The van der Waals surface area contributed by atoms with Gasteiger partial charge in [-0.25, -0.2) is 0 Å². The van der Waals surface area contributed by atoms with E-state index in [9.17, 15) is 9.59 Å². The lowest BCUT2D eigenvalue weighted by Crippen LogP contribution is -2.39. The fraction of sp³-hybridized carbons (Fsp3) is 0.259. The van der Waals surface area contributed by atoms with E-state index in [1.54, 1.807) is 7.11 Å². The van der Waals surface area contributed by atoms with Crippen molar-refractivity contribution in [3.63, 3.8) is 0 Å². The molecule has 5 nitrogen and oxygen atoms in total. The summed E-state index contributed by atoms with van der Waals surface area (Å²) in [5.41, 5.74) is 3.38. The zero-order valence-corrected chi connectivity index (χ0v) is 18.3. The molecule has 164 valence electrons. The van der Waals surface area contributed by atoms with Crippen molar-refractivity contribution in [2.45, 2.75) is 25.3 Å². The number of piperidine rings is 1. The first kappa shape index (κ1) is 21.6. The molecule has 2 amide bonds. The monoisotopic (exact) mass is 428 g/mol. The predicted octanol–water partition coefficient (Wildman–Crippen LogP) is 4.65. The molecule has 32 heavy (non-hydrogen) atoms. The van der Waals surface area contributed by atoms with Crippen LogP contribution in [0, 0.1) is 0 Å². The smallest absolute Gasteiger partial charge is 0.253 e. The van der Waals surface area contributed by atoms with Crippen LogP contribution in [0.3, 0.4) is 0 Å². The van der Waals surface area contributed by atoms with Crippen molar-refractivity contribution in [3.8, 4) is 5.75 Å². The Morgan fingerprint density at radius 3 is 2.53 bits per heavy atom. The summed E-state index contributed by atoms with van der Waals surface area (Å²) in [6, 6.07) is 24.8. The Labute approximate surface area is 189 Å². The Kier molecular flexibility index (Phi) is 6.85. The molecule has 0 bridgehead atoms. The number of amides is 2. The van der Waals surface area contributed by atoms with Crippen molar-refractivity contribution in [1.29, 1.82) is 0 Å². The zero-order chi connectivity index (χ0) is 22.3. The van der Waals surface area contributed by atoms with E-state index in [4.69, 9.17) is 4.74 Å². The Hall–Kier alpha value is -3.60. The van der Waals surface area contributed by atoms with Gasteiger partial charge in [0, 0.05) is 42.2 Å². The maximum Gasteiger partial charge on any atom is 0.253 e. The lowest BCUT2D eigenvalue weighted by atomic mass is 9.89. The van der Waals surface area contributed by atoms with Gasteiger partial charge in [0.15, 0.2) is 0 Å². The molecule has 0 unspecified atom stereocenters. The van der Waals surface area contributed by atoms with E-state index in [2.05, 4.69) is 11.4 Å². The number of nitrogens with zero attached hydrogens (tertiary/aromatic N) is 1. The summed E-state index contributed by atoms with van der Waals surface area (Å²) in [5, 5.41) is 2.99. The van der Waals surface area contributed by atoms with E-state index in [1.165, 1.54) is 0 Å². The SMILES string of the molecule is COc1ccccc1CNC(=O)c1cccc([C@@H]2CCCN(C(=O)c3ccccc3)C2)c1. The van der Waals surface area contributed by atoms with Gasteiger partial charge >= 0.3 is 0 Å². The molecule has 0 aromatic heterocycles. The molecule has 0 aliphatic carbocycles. The van der Waals surface area contributed by atoms with Crippen molar-refractivity contribution in [1.82, 2.24) is 10.2 Å². The van der Waals surface area contributed by atoms with Gasteiger partial charge in [0.2, 0.25) is 0 Å². The molecule has 1 aliphatic heterocycles. The number of para-hydroxylation sites is 1. The van der Waals surface area contributed by atoms with Crippen LogP contribution in [-0.4, -0.2) is 36.9 Å². The van der Waals surface area contributed by atoms with Crippen LogP contribution in [0.4, 0.5) is 0 Å². The number of hydrogen-bond donors (Lipinski definition) is 1. The van der Waals surface area contributed by atoms with Gasteiger partial charge in [-0.15, -0.1) is 0 Å². The topological polar surface area (TPSA) is 58.6 Å². The molecule has 4 rings (SSSR count). The highest BCUT2D eigenvalue weighted by molar-refractivity contribution is 5.95. The molecule has 1 saturated heterocycles. The first-order valence-electron chi connectivity index (χ1n) is 11.0. The Bertz CT molecular complexity index is 1080. The molecule has 1 fully saturated rings. The number of nitrogens with one attached hydrogen (secondary N) is 1. The van der Waals surface area contributed by atoms with Gasteiger partial charge in [-0.3, -0.25) is 9.59 Å². The van der Waals surface area contributed by atoms with Gasteiger partial charge in [0.05, 0.1) is 7.11 Å². The predicted molar refractivity (Wildman–Crippen MR) is 125 cm³/mol. The Balaban J connectivity index is 1.43. The molecule has 0 saturated carbocycles. The van der Waals surface area contributed by atoms with Crippen molar-refractivity contribution >= 4 is 11.8 Å². The third-order valence-electron chi connectivity index (χ3n) is 5.98. The van der Waals surface area contributed by atoms with Gasteiger partial charge in [-0.05, 0) is 48.7 Å². The Morgan fingerprint density at radius 1 is 0.969 bits per heavy atom. The van der Waals surface area contributed by atoms with E-state index >= 15 is 0 Å². The van der Waals surface area contributed by atoms with Crippen molar-refractivity contribution in [2.75, 3.05) is 20.2 Å². The fourth-order valence-electron chi connectivity index (χ4n) is 4.26. The number of benzene rings is 3. The van der Waals surface area contributed by atoms with Crippen LogP contribution in [-0.2, 0) is 6.54 Å². The molecule has 1 aliphatic rings. The number of hydrogen-bond acceptors (Lipinski definition) is 3. The zero-order valence-electron chi connectivity index (χ0n) is 18.3. The maximum atomic E-state index is 12.9. The van der Waals surface area contributed by atoms with Gasteiger partial charge in [0.1, 0.15) is 5.75 Å². The van der Waals surface area contributed by atoms with Crippen LogP contribution in [0.1, 0.15) is 50.6 Å². The summed E-state index contributed by atoms with van der Waals surface area (Å²) in [4.78, 5) is 27.6. The third-order valence-corrected chi connectivity index (χ3v) is 5.98. The standard InChI is InChI=1S/C27H28N2O3/c1-32-25-15-6-5-11-23(25)18-28-26(30)22-13-7-12-21(17-22)24-14-8-16-29(19-24)27(31)20-9-3-2-4-10-20/h2-7,9-13,15,17,24H,8,14,16,18-19H2,1H3,(H,28,30)/t24-/m1/s1. The van der Waals surface area contributed by atoms with E-state index in [0.29, 0.717) is 18.7 Å². The summed E-state index contributed by atoms with van der Waals surface area (Å²) in [6.45, 7) is 1.83. The molecule has 5 heteroatoms. The van der Waals surface area contributed by atoms with Crippen LogP contribution in [0.25, 0.3) is 0 Å². The van der Waals surface area contributed by atoms with E-state index in [-0.39, 0.29) is 17.7 Å². The average Bonchev–Trinajstić information content (AvgIpc) is 2.87. The summed E-state index contributed by atoms with van der Waals surface area (Å²) < 4.78 is 5.36. The van der Waals surface area contributed by atoms with E-state index in [0.717, 1.165) is 41.8 Å². The molecule has 0 spiro atoms. The normalized spacial score (nSPS) is 15.8.